The van der Waals surface area contributed by atoms with Crippen molar-refractivity contribution in [1.29, 1.82) is 0 Å². The second-order valence-corrected chi connectivity index (χ2v) is 8.01. The first-order valence-electron chi connectivity index (χ1n) is 7.42. The van der Waals surface area contributed by atoms with E-state index < -0.39 is 0 Å². The Morgan fingerprint density at radius 2 is 1.96 bits per heavy atom. The Hall–Kier alpha value is -2.33. The van der Waals surface area contributed by atoms with E-state index >= 15 is 0 Å². The van der Waals surface area contributed by atoms with Crippen molar-refractivity contribution in [2.24, 2.45) is 0 Å². The second-order valence-electron chi connectivity index (χ2n) is 6.11. The molecule has 0 bridgehead atoms. The second kappa shape index (κ2) is 7.28. The van der Waals surface area contributed by atoms with Crippen LogP contribution in [-0.4, -0.2) is 37.0 Å². The van der Waals surface area contributed by atoms with Crippen molar-refractivity contribution in [3.8, 4) is 11.5 Å². The van der Waals surface area contributed by atoms with Crippen LogP contribution in [0.2, 0.25) is 0 Å². The first-order valence-corrected chi connectivity index (χ1v) is 9.22. The third-order valence-corrected chi connectivity index (χ3v) is 5.06. The lowest BCUT2D eigenvalue weighted by Crippen LogP contribution is -2.13. The first-order chi connectivity index (χ1) is 11.9. The maximum atomic E-state index is 12.0. The molecule has 0 aliphatic carbocycles. The van der Waals surface area contributed by atoms with E-state index in [1.165, 1.54) is 11.3 Å². The number of thioether (sulfide) groups is 1. The molecule has 0 saturated heterocycles. The van der Waals surface area contributed by atoms with E-state index in [0.717, 1.165) is 22.3 Å². The number of hydrogen-bond donors (Lipinski definition) is 1. The van der Waals surface area contributed by atoms with E-state index in [9.17, 15) is 4.79 Å². The number of hydrogen-bond acceptors (Lipinski definition) is 9. The Labute approximate surface area is 152 Å². The van der Waals surface area contributed by atoms with Crippen LogP contribution >= 0.6 is 23.1 Å². The highest BCUT2D eigenvalue weighted by molar-refractivity contribution is 7.99. The van der Waals surface area contributed by atoms with Crippen molar-refractivity contribution < 1.29 is 9.21 Å². The van der Waals surface area contributed by atoms with Gasteiger partial charge in [-0.05, 0) is 12.1 Å². The molecule has 0 radical (unpaired) electrons. The molecule has 0 atom stereocenters. The zero-order valence-electron chi connectivity index (χ0n) is 13.9. The van der Waals surface area contributed by atoms with Crippen LogP contribution in [0, 0.1) is 0 Å². The molecule has 0 aliphatic heterocycles. The number of rotatable bonds is 5. The first kappa shape index (κ1) is 17.5. The van der Waals surface area contributed by atoms with E-state index in [-0.39, 0.29) is 17.1 Å². The van der Waals surface area contributed by atoms with Gasteiger partial charge in [-0.15, -0.1) is 20.4 Å². The van der Waals surface area contributed by atoms with Crippen molar-refractivity contribution in [2.75, 3.05) is 11.1 Å². The lowest BCUT2D eigenvalue weighted by Gasteiger charge is -2.12. The summed E-state index contributed by atoms with van der Waals surface area (Å²) in [5.74, 6) is 0.331. The summed E-state index contributed by atoms with van der Waals surface area (Å²) in [6.07, 6.45) is 3.29. The highest BCUT2D eigenvalue weighted by Gasteiger charge is 2.20. The topological polar surface area (TPSA) is 107 Å². The molecular formula is C15H16N6O2S2. The molecule has 8 nitrogen and oxygen atoms in total. The highest BCUT2D eigenvalue weighted by atomic mass is 32.2. The molecule has 130 valence electrons. The van der Waals surface area contributed by atoms with Gasteiger partial charge in [0.1, 0.15) is 5.01 Å². The summed E-state index contributed by atoms with van der Waals surface area (Å²) in [6, 6.07) is 3.55. The normalized spacial score (nSPS) is 11.5. The predicted molar refractivity (Wildman–Crippen MR) is 95.5 cm³/mol. The van der Waals surface area contributed by atoms with E-state index in [2.05, 4.69) is 30.7 Å². The van der Waals surface area contributed by atoms with Crippen LogP contribution in [0.3, 0.4) is 0 Å². The smallest absolute Gasteiger partial charge is 0.277 e. The van der Waals surface area contributed by atoms with Crippen molar-refractivity contribution >= 4 is 34.1 Å². The van der Waals surface area contributed by atoms with Crippen LogP contribution in [0.25, 0.3) is 11.5 Å². The molecule has 3 heterocycles. The van der Waals surface area contributed by atoms with Crippen molar-refractivity contribution in [2.45, 2.75) is 31.4 Å². The van der Waals surface area contributed by atoms with Crippen LogP contribution < -0.4 is 5.32 Å². The fourth-order valence-electron chi connectivity index (χ4n) is 1.74. The van der Waals surface area contributed by atoms with Gasteiger partial charge in [0.15, 0.2) is 0 Å². The molecule has 0 aromatic carbocycles. The lowest BCUT2D eigenvalue weighted by molar-refractivity contribution is -0.113. The number of carbonyl (C=O) groups excluding carboxylic acids is 1. The minimum atomic E-state index is -0.203. The molecule has 0 unspecified atom stereocenters. The number of anilines is 1. The number of amides is 1. The Balaban J connectivity index is 1.54. The van der Waals surface area contributed by atoms with Gasteiger partial charge in [0.2, 0.25) is 16.9 Å². The Morgan fingerprint density at radius 1 is 1.20 bits per heavy atom. The van der Waals surface area contributed by atoms with Gasteiger partial charge in [0, 0.05) is 23.4 Å². The molecule has 3 aromatic rings. The van der Waals surface area contributed by atoms with Gasteiger partial charge in [0.25, 0.3) is 5.22 Å². The van der Waals surface area contributed by atoms with Crippen molar-refractivity contribution in [3.05, 3.63) is 29.5 Å². The monoisotopic (exact) mass is 376 g/mol. The number of nitrogens with zero attached hydrogens (tertiary/aromatic N) is 5. The summed E-state index contributed by atoms with van der Waals surface area (Å²) >= 11 is 2.53. The number of carbonyl (C=O) groups is 1. The summed E-state index contributed by atoms with van der Waals surface area (Å²) in [7, 11) is 0. The molecule has 0 spiro atoms. The Kier molecular flexibility index (Phi) is 5.09. The van der Waals surface area contributed by atoms with Gasteiger partial charge in [-0.1, -0.05) is 43.9 Å². The van der Waals surface area contributed by atoms with E-state index in [1.54, 1.807) is 24.5 Å². The summed E-state index contributed by atoms with van der Waals surface area (Å²) < 4.78 is 5.53. The highest BCUT2D eigenvalue weighted by Crippen LogP contribution is 2.28. The van der Waals surface area contributed by atoms with Crippen molar-refractivity contribution in [3.63, 3.8) is 0 Å². The molecule has 25 heavy (non-hydrogen) atoms. The van der Waals surface area contributed by atoms with E-state index in [0.29, 0.717) is 16.2 Å². The third kappa shape index (κ3) is 4.60. The van der Waals surface area contributed by atoms with Crippen LogP contribution in [-0.2, 0) is 10.2 Å². The summed E-state index contributed by atoms with van der Waals surface area (Å²) in [6.45, 7) is 6.14. The van der Waals surface area contributed by atoms with Crippen LogP contribution in [0.5, 0.6) is 0 Å². The SMILES string of the molecule is CC(C)(C)c1nnc(NC(=O)CSc2nnc(-c3ccncc3)o2)s1. The molecule has 10 heteroatoms. The molecule has 0 aliphatic rings. The largest absolute Gasteiger partial charge is 0.411 e. The number of pyridine rings is 1. The summed E-state index contributed by atoms with van der Waals surface area (Å²) in [4.78, 5) is 16.0. The summed E-state index contributed by atoms with van der Waals surface area (Å²) in [5, 5.41) is 20.4. The van der Waals surface area contributed by atoms with Crippen LogP contribution in [0.4, 0.5) is 5.13 Å². The Bertz CT molecular complexity index is 856. The molecule has 3 aromatic heterocycles. The van der Waals surface area contributed by atoms with Gasteiger partial charge >= 0.3 is 0 Å². The fraction of sp³-hybridized carbons (Fsp3) is 0.333. The van der Waals surface area contributed by atoms with E-state index in [1.807, 2.05) is 20.8 Å². The Morgan fingerprint density at radius 3 is 2.64 bits per heavy atom. The minimum absolute atomic E-state index is 0.0947. The number of nitrogens with one attached hydrogen (secondary N) is 1. The van der Waals surface area contributed by atoms with Gasteiger partial charge in [-0.3, -0.25) is 15.1 Å². The lowest BCUT2D eigenvalue weighted by atomic mass is 9.98. The molecule has 1 amide bonds. The maximum Gasteiger partial charge on any atom is 0.277 e. The molecule has 0 fully saturated rings. The standard InChI is InChI=1S/C15H16N6O2S2/c1-15(2,3)12-19-20-13(25-12)17-10(22)8-24-14-21-18-11(23-14)9-4-6-16-7-5-9/h4-7H,8H2,1-3H3,(H,17,20,22). The minimum Gasteiger partial charge on any atom is -0.411 e. The maximum absolute atomic E-state index is 12.0. The molecule has 3 rings (SSSR count). The van der Waals surface area contributed by atoms with Gasteiger partial charge in [0.05, 0.1) is 5.75 Å². The summed E-state index contributed by atoms with van der Waals surface area (Å²) in [5.41, 5.74) is 0.685. The zero-order valence-corrected chi connectivity index (χ0v) is 15.5. The molecular weight excluding hydrogens is 360 g/mol. The fourth-order valence-corrected chi connectivity index (χ4v) is 3.12. The number of aromatic nitrogens is 5. The average Bonchev–Trinajstić information content (AvgIpc) is 3.23. The molecule has 1 N–H and O–H groups in total. The van der Waals surface area contributed by atoms with Gasteiger partial charge in [-0.2, -0.15) is 0 Å². The third-order valence-electron chi connectivity index (χ3n) is 2.97. The van der Waals surface area contributed by atoms with Crippen LogP contribution in [0.15, 0.2) is 34.2 Å². The molecule has 0 saturated carbocycles. The quantitative estimate of drug-likeness (QED) is 0.677. The predicted octanol–water partition coefficient (Wildman–Crippen LogP) is 3.01. The average molecular weight is 376 g/mol. The van der Waals surface area contributed by atoms with E-state index in [4.69, 9.17) is 4.42 Å². The van der Waals surface area contributed by atoms with Gasteiger partial charge < -0.3 is 4.42 Å². The van der Waals surface area contributed by atoms with Gasteiger partial charge in [-0.25, -0.2) is 0 Å². The zero-order chi connectivity index (χ0) is 17.9. The van der Waals surface area contributed by atoms with Crippen LogP contribution in [0.1, 0.15) is 25.8 Å². The van der Waals surface area contributed by atoms with Crippen molar-refractivity contribution in [1.82, 2.24) is 25.4 Å².